The zero-order valence-corrected chi connectivity index (χ0v) is 18.3. The number of aryl methyl sites for hydroxylation is 1. The van der Waals surface area contributed by atoms with Gasteiger partial charge in [-0.05, 0) is 63.9 Å². The highest BCUT2D eigenvalue weighted by Crippen LogP contribution is 2.27. The van der Waals surface area contributed by atoms with E-state index in [1.807, 2.05) is 25.5 Å². The second-order valence-corrected chi connectivity index (χ2v) is 8.11. The summed E-state index contributed by atoms with van der Waals surface area (Å²) in [6, 6.07) is 8.55. The number of rotatable bonds is 5. The number of nitrogens with one attached hydrogen (secondary N) is 1. The molecule has 0 spiro atoms. The van der Waals surface area contributed by atoms with Gasteiger partial charge in [0.15, 0.2) is 5.65 Å². The van der Waals surface area contributed by atoms with Crippen molar-refractivity contribution < 1.29 is 14.3 Å². The zero-order chi connectivity index (χ0) is 22.1. The summed E-state index contributed by atoms with van der Waals surface area (Å²) in [5.74, 6) is 0.372. The zero-order valence-electron chi connectivity index (χ0n) is 18.3. The molecule has 4 rings (SSSR count). The van der Waals surface area contributed by atoms with E-state index in [1.165, 1.54) is 0 Å². The fourth-order valence-electron chi connectivity index (χ4n) is 4.04. The van der Waals surface area contributed by atoms with Gasteiger partial charge < -0.3 is 15.0 Å². The summed E-state index contributed by atoms with van der Waals surface area (Å²) in [4.78, 5) is 32.7. The number of hydrogen-bond acceptors (Lipinski definition) is 5. The molecule has 8 nitrogen and oxygen atoms in total. The summed E-state index contributed by atoms with van der Waals surface area (Å²) < 4.78 is 6.97. The molecular weight excluding hydrogens is 394 g/mol. The van der Waals surface area contributed by atoms with Gasteiger partial charge in [0.25, 0.3) is 5.91 Å². The predicted octanol–water partition coefficient (Wildman–Crippen LogP) is 3.57. The third-order valence-corrected chi connectivity index (χ3v) is 5.59. The molecule has 162 valence electrons. The second kappa shape index (κ2) is 8.37. The van der Waals surface area contributed by atoms with E-state index in [9.17, 15) is 9.59 Å². The van der Waals surface area contributed by atoms with E-state index >= 15 is 0 Å². The number of benzene rings is 1. The minimum atomic E-state index is -0.515. The highest BCUT2D eigenvalue weighted by Gasteiger charge is 2.35. The molecule has 1 aliphatic rings. The van der Waals surface area contributed by atoms with E-state index in [4.69, 9.17) is 4.74 Å². The number of amides is 2. The van der Waals surface area contributed by atoms with Gasteiger partial charge in [-0.2, -0.15) is 5.10 Å². The lowest BCUT2D eigenvalue weighted by Crippen LogP contribution is -2.43. The van der Waals surface area contributed by atoms with Crippen molar-refractivity contribution in [3.8, 4) is 5.75 Å². The highest BCUT2D eigenvalue weighted by molar-refractivity contribution is 6.08. The lowest BCUT2D eigenvalue weighted by molar-refractivity contribution is -0.119. The van der Waals surface area contributed by atoms with Gasteiger partial charge in [0.2, 0.25) is 5.91 Å². The number of anilines is 1. The Labute approximate surface area is 181 Å². The Hall–Kier alpha value is -3.42. The van der Waals surface area contributed by atoms with Crippen LogP contribution < -0.4 is 10.1 Å². The molecule has 1 saturated heterocycles. The number of pyridine rings is 1. The molecule has 31 heavy (non-hydrogen) atoms. The average Bonchev–Trinajstić information content (AvgIpc) is 3.40. The maximum Gasteiger partial charge on any atom is 0.255 e. The third kappa shape index (κ3) is 3.97. The molecule has 3 heterocycles. The number of nitrogens with zero attached hydrogens (tertiary/aromatic N) is 4. The Morgan fingerprint density at radius 3 is 2.65 bits per heavy atom. The molecule has 0 aliphatic carbocycles. The quantitative estimate of drug-likeness (QED) is 0.680. The average molecular weight is 422 g/mol. The molecule has 1 unspecified atom stereocenters. The summed E-state index contributed by atoms with van der Waals surface area (Å²) >= 11 is 0. The van der Waals surface area contributed by atoms with Gasteiger partial charge in [0.05, 0.1) is 24.3 Å². The van der Waals surface area contributed by atoms with Crippen molar-refractivity contribution in [3.63, 3.8) is 0 Å². The second-order valence-electron chi connectivity index (χ2n) is 8.11. The first kappa shape index (κ1) is 20.8. The Morgan fingerprint density at radius 2 is 1.97 bits per heavy atom. The standard InChI is InChI=1S/C23H27N5O3/c1-14(2)28-21-19(13-24-28)18(12-15(3)25-21)23(30)27-11-5-6-20(27)22(29)26-16-7-9-17(31-4)10-8-16/h7-10,12-14,20H,5-6,11H2,1-4H3,(H,26,29). The summed E-state index contributed by atoms with van der Waals surface area (Å²) in [5.41, 5.74) is 2.65. The maximum absolute atomic E-state index is 13.5. The van der Waals surface area contributed by atoms with Crippen LogP contribution in [0.2, 0.25) is 0 Å². The lowest BCUT2D eigenvalue weighted by Gasteiger charge is -2.24. The molecule has 2 aromatic heterocycles. The fraction of sp³-hybridized carbons (Fsp3) is 0.391. The van der Waals surface area contributed by atoms with Gasteiger partial charge in [-0.3, -0.25) is 9.59 Å². The van der Waals surface area contributed by atoms with Gasteiger partial charge in [-0.15, -0.1) is 0 Å². The molecule has 1 atom stereocenters. The van der Waals surface area contributed by atoms with Crippen molar-refractivity contribution in [2.24, 2.45) is 0 Å². The van der Waals surface area contributed by atoms with Crippen molar-refractivity contribution in [1.82, 2.24) is 19.7 Å². The van der Waals surface area contributed by atoms with Crippen LogP contribution >= 0.6 is 0 Å². The Kier molecular flexibility index (Phi) is 5.63. The van der Waals surface area contributed by atoms with E-state index in [0.29, 0.717) is 35.2 Å². The molecule has 0 saturated carbocycles. The predicted molar refractivity (Wildman–Crippen MR) is 118 cm³/mol. The maximum atomic E-state index is 13.5. The number of fused-ring (bicyclic) bond motifs is 1. The summed E-state index contributed by atoms with van der Waals surface area (Å²) in [6.07, 6.45) is 3.11. The van der Waals surface area contributed by atoms with E-state index in [2.05, 4.69) is 15.4 Å². The van der Waals surface area contributed by atoms with Gasteiger partial charge in [-0.1, -0.05) is 0 Å². The van der Waals surface area contributed by atoms with Gasteiger partial charge in [0, 0.05) is 24.0 Å². The minimum absolute atomic E-state index is 0.129. The molecule has 1 aliphatic heterocycles. The largest absolute Gasteiger partial charge is 0.497 e. The third-order valence-electron chi connectivity index (χ3n) is 5.59. The molecule has 0 radical (unpaired) electrons. The van der Waals surface area contributed by atoms with Crippen LogP contribution in [0.5, 0.6) is 5.75 Å². The molecule has 1 N–H and O–H groups in total. The first-order valence-electron chi connectivity index (χ1n) is 10.5. The van der Waals surface area contributed by atoms with Gasteiger partial charge in [-0.25, -0.2) is 9.67 Å². The first-order valence-corrected chi connectivity index (χ1v) is 10.5. The number of likely N-dealkylation sites (tertiary alicyclic amines) is 1. The molecular formula is C23H27N5O3. The van der Waals surface area contributed by atoms with Crippen LogP contribution in [0.1, 0.15) is 48.8 Å². The molecule has 1 fully saturated rings. The van der Waals surface area contributed by atoms with Crippen LogP contribution in [0.4, 0.5) is 5.69 Å². The topological polar surface area (TPSA) is 89.3 Å². The van der Waals surface area contributed by atoms with E-state index in [0.717, 1.165) is 17.9 Å². The van der Waals surface area contributed by atoms with Crippen LogP contribution in [0.3, 0.4) is 0 Å². The van der Waals surface area contributed by atoms with Crippen molar-refractivity contribution in [2.45, 2.75) is 45.7 Å². The lowest BCUT2D eigenvalue weighted by atomic mass is 10.1. The van der Waals surface area contributed by atoms with Gasteiger partial charge >= 0.3 is 0 Å². The highest BCUT2D eigenvalue weighted by atomic mass is 16.5. The van der Waals surface area contributed by atoms with Crippen molar-refractivity contribution in [3.05, 3.63) is 47.8 Å². The van der Waals surface area contributed by atoms with Crippen LogP contribution in [0, 0.1) is 6.92 Å². The Bertz CT molecular complexity index is 1120. The smallest absolute Gasteiger partial charge is 0.255 e. The van der Waals surface area contributed by atoms with E-state index in [-0.39, 0.29) is 17.9 Å². The number of carbonyl (C=O) groups excluding carboxylic acids is 2. The minimum Gasteiger partial charge on any atom is -0.497 e. The first-order chi connectivity index (χ1) is 14.9. The van der Waals surface area contributed by atoms with Crippen molar-refractivity contribution in [1.29, 1.82) is 0 Å². The molecule has 3 aromatic rings. The monoisotopic (exact) mass is 421 g/mol. The summed E-state index contributed by atoms with van der Waals surface area (Å²) in [5, 5.41) is 8.06. The van der Waals surface area contributed by atoms with Crippen LogP contribution in [-0.4, -0.2) is 51.2 Å². The van der Waals surface area contributed by atoms with Crippen LogP contribution in [0.25, 0.3) is 11.0 Å². The molecule has 1 aromatic carbocycles. The number of ether oxygens (including phenoxy) is 1. The molecule has 8 heteroatoms. The van der Waals surface area contributed by atoms with E-state index < -0.39 is 6.04 Å². The van der Waals surface area contributed by atoms with Crippen LogP contribution in [-0.2, 0) is 4.79 Å². The summed E-state index contributed by atoms with van der Waals surface area (Å²) in [6.45, 7) is 6.46. The fourth-order valence-corrected chi connectivity index (χ4v) is 4.04. The molecule has 2 amide bonds. The number of aromatic nitrogens is 3. The number of carbonyl (C=O) groups is 2. The molecule has 0 bridgehead atoms. The number of methoxy groups -OCH3 is 1. The normalized spacial score (nSPS) is 16.2. The Morgan fingerprint density at radius 1 is 1.23 bits per heavy atom. The van der Waals surface area contributed by atoms with E-state index in [1.54, 1.807) is 48.5 Å². The van der Waals surface area contributed by atoms with Crippen LogP contribution in [0.15, 0.2) is 36.5 Å². The van der Waals surface area contributed by atoms with Crippen molar-refractivity contribution >= 4 is 28.5 Å². The number of hydrogen-bond donors (Lipinski definition) is 1. The Balaban J connectivity index is 1.60. The van der Waals surface area contributed by atoms with Gasteiger partial charge in [0.1, 0.15) is 11.8 Å². The SMILES string of the molecule is COc1ccc(NC(=O)C2CCCN2C(=O)c2cc(C)nc3c2cnn3C(C)C)cc1. The van der Waals surface area contributed by atoms with Crippen molar-refractivity contribution in [2.75, 3.05) is 19.0 Å². The summed E-state index contributed by atoms with van der Waals surface area (Å²) in [7, 11) is 1.60.